The highest BCUT2D eigenvalue weighted by Gasteiger charge is 2.08. The number of rotatable bonds is 5. The van der Waals surface area contributed by atoms with Crippen LogP contribution in [0.3, 0.4) is 0 Å². The zero-order chi connectivity index (χ0) is 12.7. The molecule has 3 nitrogen and oxygen atoms in total. The summed E-state index contributed by atoms with van der Waals surface area (Å²) in [5, 5.41) is 8.84. The molecule has 0 aliphatic carbocycles. The Morgan fingerprint density at radius 1 is 1.39 bits per heavy atom. The third-order valence-electron chi connectivity index (χ3n) is 2.83. The molecule has 1 rings (SSSR count). The van der Waals surface area contributed by atoms with Crippen molar-refractivity contribution in [3.05, 3.63) is 22.4 Å². The van der Waals surface area contributed by atoms with Gasteiger partial charge in [-0.25, -0.2) is 0 Å². The Kier molecular flexibility index (Phi) is 9.45. The minimum atomic E-state index is 0. The summed E-state index contributed by atoms with van der Waals surface area (Å²) in [6.45, 7) is 7.51. The maximum atomic E-state index is 4.23. The number of nitrogens with one attached hydrogen (secondary N) is 2. The fourth-order valence-electron chi connectivity index (χ4n) is 1.34. The molecule has 5 heteroatoms. The number of thiophene rings is 1. The number of halogens is 1. The summed E-state index contributed by atoms with van der Waals surface area (Å²) in [6.07, 6.45) is 1.05. The maximum absolute atomic E-state index is 4.23. The number of nitrogens with zero attached hydrogens (tertiary/aromatic N) is 1. The SMILES string of the molecule is CN=C(NCCc1cccs1)NC(C)C(C)C.I. The lowest BCUT2D eigenvalue weighted by Gasteiger charge is -2.20. The van der Waals surface area contributed by atoms with Crippen LogP contribution in [0.15, 0.2) is 22.5 Å². The van der Waals surface area contributed by atoms with Gasteiger partial charge in [-0.1, -0.05) is 19.9 Å². The molecule has 0 fully saturated rings. The molecule has 0 radical (unpaired) electrons. The standard InChI is InChI=1S/C13H23N3S.HI/c1-10(2)11(3)16-13(14-4)15-8-7-12-6-5-9-17-12;/h5-6,9-11H,7-8H2,1-4H3,(H2,14,15,16);1H. The van der Waals surface area contributed by atoms with Crippen molar-refractivity contribution in [2.75, 3.05) is 13.6 Å². The number of guanidine groups is 1. The van der Waals surface area contributed by atoms with E-state index in [1.54, 1.807) is 11.3 Å². The molecule has 2 N–H and O–H groups in total. The van der Waals surface area contributed by atoms with Crippen molar-refractivity contribution >= 4 is 41.3 Å². The quantitative estimate of drug-likeness (QED) is 0.467. The second-order valence-electron chi connectivity index (χ2n) is 4.51. The second kappa shape index (κ2) is 9.61. The van der Waals surface area contributed by atoms with Crippen LogP contribution in [-0.2, 0) is 6.42 Å². The Morgan fingerprint density at radius 3 is 2.61 bits per heavy atom. The van der Waals surface area contributed by atoms with Crippen molar-refractivity contribution in [3.63, 3.8) is 0 Å². The normalized spacial score (nSPS) is 13.1. The lowest BCUT2D eigenvalue weighted by atomic mass is 10.1. The molecule has 0 saturated heterocycles. The largest absolute Gasteiger partial charge is 0.356 e. The van der Waals surface area contributed by atoms with Gasteiger partial charge in [0, 0.05) is 24.5 Å². The van der Waals surface area contributed by atoms with Crippen LogP contribution < -0.4 is 10.6 Å². The third kappa shape index (κ3) is 6.58. The van der Waals surface area contributed by atoms with Crippen LogP contribution in [0.1, 0.15) is 25.6 Å². The summed E-state index contributed by atoms with van der Waals surface area (Å²) in [4.78, 5) is 5.63. The zero-order valence-electron chi connectivity index (χ0n) is 11.6. The predicted octanol–water partition coefficient (Wildman–Crippen LogP) is 3.12. The third-order valence-corrected chi connectivity index (χ3v) is 3.77. The smallest absolute Gasteiger partial charge is 0.191 e. The summed E-state index contributed by atoms with van der Waals surface area (Å²) in [5.41, 5.74) is 0. The molecule has 0 saturated carbocycles. The Balaban J connectivity index is 0.00000289. The van der Waals surface area contributed by atoms with Crippen LogP contribution >= 0.6 is 35.3 Å². The molecule has 1 unspecified atom stereocenters. The van der Waals surface area contributed by atoms with Crippen LogP contribution in [0.2, 0.25) is 0 Å². The van der Waals surface area contributed by atoms with Gasteiger partial charge >= 0.3 is 0 Å². The Morgan fingerprint density at radius 2 is 2.11 bits per heavy atom. The first-order valence-electron chi connectivity index (χ1n) is 6.13. The van der Waals surface area contributed by atoms with E-state index < -0.39 is 0 Å². The molecule has 18 heavy (non-hydrogen) atoms. The van der Waals surface area contributed by atoms with Gasteiger partial charge < -0.3 is 10.6 Å². The summed E-state index contributed by atoms with van der Waals surface area (Å²) in [7, 11) is 1.81. The van der Waals surface area contributed by atoms with Crippen LogP contribution in [0.25, 0.3) is 0 Å². The van der Waals surface area contributed by atoms with E-state index in [0.717, 1.165) is 18.9 Å². The van der Waals surface area contributed by atoms with Crippen molar-refractivity contribution in [1.82, 2.24) is 10.6 Å². The lowest BCUT2D eigenvalue weighted by Crippen LogP contribution is -2.44. The fraction of sp³-hybridized carbons (Fsp3) is 0.615. The first-order chi connectivity index (χ1) is 8.13. The van der Waals surface area contributed by atoms with Crippen LogP contribution in [0.4, 0.5) is 0 Å². The summed E-state index contributed by atoms with van der Waals surface area (Å²) in [6, 6.07) is 4.69. The molecule has 104 valence electrons. The van der Waals surface area contributed by atoms with Crippen molar-refractivity contribution in [2.24, 2.45) is 10.9 Å². The monoisotopic (exact) mass is 381 g/mol. The lowest BCUT2D eigenvalue weighted by molar-refractivity contribution is 0.481. The maximum Gasteiger partial charge on any atom is 0.191 e. The van der Waals surface area contributed by atoms with Gasteiger partial charge in [0.1, 0.15) is 0 Å². The molecule has 0 amide bonds. The highest BCUT2D eigenvalue weighted by atomic mass is 127. The van der Waals surface area contributed by atoms with Gasteiger partial charge in [0.25, 0.3) is 0 Å². The molecule has 0 bridgehead atoms. The minimum absolute atomic E-state index is 0. The van der Waals surface area contributed by atoms with Gasteiger partial charge in [-0.15, -0.1) is 35.3 Å². The molecule has 1 aromatic heterocycles. The van der Waals surface area contributed by atoms with E-state index in [0.29, 0.717) is 12.0 Å². The van der Waals surface area contributed by atoms with Gasteiger partial charge in [0.15, 0.2) is 5.96 Å². The highest BCUT2D eigenvalue weighted by Crippen LogP contribution is 2.08. The number of hydrogen-bond donors (Lipinski definition) is 2. The van der Waals surface area contributed by atoms with E-state index in [1.807, 2.05) is 7.05 Å². The van der Waals surface area contributed by atoms with Crippen LogP contribution in [-0.4, -0.2) is 25.6 Å². The van der Waals surface area contributed by atoms with Gasteiger partial charge in [-0.2, -0.15) is 0 Å². The average molecular weight is 381 g/mol. The highest BCUT2D eigenvalue weighted by molar-refractivity contribution is 14.0. The molecule has 0 aromatic carbocycles. The molecule has 0 aliphatic rings. The molecule has 1 atom stereocenters. The molecule has 1 heterocycles. The van der Waals surface area contributed by atoms with Crippen molar-refractivity contribution in [3.8, 4) is 0 Å². The van der Waals surface area contributed by atoms with E-state index in [1.165, 1.54) is 4.88 Å². The molecule has 1 aromatic rings. The summed E-state index contributed by atoms with van der Waals surface area (Å²) in [5.74, 6) is 1.49. The van der Waals surface area contributed by atoms with E-state index in [4.69, 9.17) is 0 Å². The van der Waals surface area contributed by atoms with E-state index >= 15 is 0 Å². The first-order valence-corrected chi connectivity index (χ1v) is 7.01. The number of aliphatic imine (C=N–C) groups is 1. The van der Waals surface area contributed by atoms with Gasteiger partial charge in [0.2, 0.25) is 0 Å². The minimum Gasteiger partial charge on any atom is -0.356 e. The Labute approximate surface area is 131 Å². The van der Waals surface area contributed by atoms with Crippen LogP contribution in [0, 0.1) is 5.92 Å². The van der Waals surface area contributed by atoms with E-state index in [9.17, 15) is 0 Å². The topological polar surface area (TPSA) is 36.4 Å². The molecular weight excluding hydrogens is 357 g/mol. The summed E-state index contributed by atoms with van der Waals surface area (Å²) >= 11 is 1.80. The molecule has 0 spiro atoms. The fourth-order valence-corrected chi connectivity index (χ4v) is 2.04. The summed E-state index contributed by atoms with van der Waals surface area (Å²) < 4.78 is 0. The Hall–Kier alpha value is -0.300. The van der Waals surface area contributed by atoms with Crippen molar-refractivity contribution < 1.29 is 0 Å². The van der Waals surface area contributed by atoms with Crippen molar-refractivity contribution in [2.45, 2.75) is 33.2 Å². The van der Waals surface area contributed by atoms with Gasteiger partial charge in [-0.3, -0.25) is 4.99 Å². The van der Waals surface area contributed by atoms with Crippen LogP contribution in [0.5, 0.6) is 0 Å². The van der Waals surface area contributed by atoms with Crippen molar-refractivity contribution in [1.29, 1.82) is 0 Å². The average Bonchev–Trinajstić information content (AvgIpc) is 2.80. The first kappa shape index (κ1) is 17.7. The molecular formula is C13H24IN3S. The van der Waals surface area contributed by atoms with Gasteiger partial charge in [-0.05, 0) is 30.7 Å². The molecule has 0 aliphatic heterocycles. The second-order valence-corrected chi connectivity index (χ2v) is 5.54. The predicted molar refractivity (Wildman–Crippen MR) is 92.2 cm³/mol. The van der Waals surface area contributed by atoms with E-state index in [2.05, 4.69) is 53.9 Å². The number of hydrogen-bond acceptors (Lipinski definition) is 2. The van der Waals surface area contributed by atoms with Gasteiger partial charge in [0.05, 0.1) is 0 Å². The van der Waals surface area contributed by atoms with E-state index in [-0.39, 0.29) is 24.0 Å². The zero-order valence-corrected chi connectivity index (χ0v) is 14.7. The Bertz CT molecular complexity index is 336.